The van der Waals surface area contributed by atoms with Crippen molar-refractivity contribution in [2.24, 2.45) is 0 Å². The lowest BCUT2D eigenvalue weighted by Crippen LogP contribution is -2.23. The lowest BCUT2D eigenvalue weighted by atomic mass is 9.96. The topological polar surface area (TPSA) is 44.1 Å². The second-order valence-electron chi connectivity index (χ2n) is 4.86. The van der Waals surface area contributed by atoms with Crippen molar-refractivity contribution in [2.45, 2.75) is 25.3 Å². The fourth-order valence-corrected chi connectivity index (χ4v) is 2.96. The van der Waals surface area contributed by atoms with Crippen molar-refractivity contribution in [1.82, 2.24) is 9.55 Å². The number of carbonyl (C=O) groups excluding carboxylic acids is 1. The summed E-state index contributed by atoms with van der Waals surface area (Å²) in [6, 6.07) is 7.62. The summed E-state index contributed by atoms with van der Waals surface area (Å²) in [5.41, 5.74) is 1.81. The quantitative estimate of drug-likeness (QED) is 0.798. The Morgan fingerprint density at radius 2 is 2.25 bits per heavy atom. The van der Waals surface area contributed by atoms with Gasteiger partial charge in [0.1, 0.15) is 5.82 Å². The maximum absolute atomic E-state index is 11.9. The summed E-state index contributed by atoms with van der Waals surface area (Å²) >= 11 is 6.24. The first-order valence-corrected chi connectivity index (χ1v) is 6.98. The van der Waals surface area contributed by atoms with E-state index in [1.165, 1.54) is 7.11 Å². The molecule has 1 aliphatic rings. The molecule has 104 valence electrons. The highest BCUT2D eigenvalue weighted by molar-refractivity contribution is 6.33. The van der Waals surface area contributed by atoms with Crippen molar-refractivity contribution in [3.8, 4) is 11.4 Å². The lowest BCUT2D eigenvalue weighted by molar-refractivity contribution is -0.143. The normalized spacial score (nSPS) is 17.6. The van der Waals surface area contributed by atoms with Crippen LogP contribution < -0.4 is 0 Å². The van der Waals surface area contributed by atoms with E-state index in [9.17, 15) is 4.79 Å². The van der Waals surface area contributed by atoms with Crippen LogP contribution in [0.25, 0.3) is 11.4 Å². The molecule has 4 nitrogen and oxygen atoms in total. The molecular weight excluding hydrogens is 276 g/mol. The monoisotopic (exact) mass is 290 g/mol. The summed E-state index contributed by atoms with van der Waals surface area (Å²) in [5.74, 6) is 0.397. The largest absolute Gasteiger partial charge is 0.469 e. The highest BCUT2D eigenvalue weighted by Crippen LogP contribution is 2.34. The van der Waals surface area contributed by atoms with Crippen molar-refractivity contribution in [3.63, 3.8) is 0 Å². The van der Waals surface area contributed by atoms with E-state index in [0.717, 1.165) is 36.5 Å². The van der Waals surface area contributed by atoms with Gasteiger partial charge in [-0.25, -0.2) is 4.98 Å². The van der Waals surface area contributed by atoms with Crippen LogP contribution in [0.5, 0.6) is 0 Å². The molecule has 0 bridgehead atoms. The van der Waals surface area contributed by atoms with Crippen LogP contribution in [0.2, 0.25) is 5.02 Å². The van der Waals surface area contributed by atoms with E-state index in [0.29, 0.717) is 5.02 Å². The van der Waals surface area contributed by atoms with Gasteiger partial charge in [0.2, 0.25) is 0 Å². The van der Waals surface area contributed by atoms with Gasteiger partial charge in [-0.05, 0) is 25.0 Å². The van der Waals surface area contributed by atoms with E-state index in [-0.39, 0.29) is 11.9 Å². The van der Waals surface area contributed by atoms with E-state index in [4.69, 9.17) is 16.3 Å². The average Bonchev–Trinajstić information content (AvgIpc) is 2.90. The van der Waals surface area contributed by atoms with Gasteiger partial charge in [-0.3, -0.25) is 4.79 Å². The Kier molecular flexibility index (Phi) is 3.49. The summed E-state index contributed by atoms with van der Waals surface area (Å²) in [6.07, 6.45) is 3.50. The molecule has 0 aliphatic carbocycles. The first-order chi connectivity index (χ1) is 9.72. The molecule has 1 aromatic heterocycles. The van der Waals surface area contributed by atoms with Gasteiger partial charge in [-0.2, -0.15) is 0 Å². The number of imidazole rings is 1. The Hall–Kier alpha value is -1.81. The van der Waals surface area contributed by atoms with Crippen LogP contribution in [0.15, 0.2) is 30.5 Å². The van der Waals surface area contributed by atoms with Crippen LogP contribution in [-0.4, -0.2) is 22.6 Å². The van der Waals surface area contributed by atoms with E-state index < -0.39 is 0 Å². The van der Waals surface area contributed by atoms with Crippen LogP contribution in [0, 0.1) is 0 Å². The molecule has 1 atom stereocenters. The molecule has 0 radical (unpaired) electrons. The van der Waals surface area contributed by atoms with Crippen molar-refractivity contribution in [2.75, 3.05) is 7.11 Å². The molecule has 1 aromatic carbocycles. The number of esters is 1. The SMILES string of the molecule is COC(=O)C1CCCn2c1cnc2-c1ccccc1Cl. The number of methoxy groups -OCH3 is 1. The van der Waals surface area contributed by atoms with Crippen molar-refractivity contribution in [1.29, 1.82) is 0 Å². The number of nitrogens with zero attached hydrogens (tertiary/aromatic N) is 2. The van der Waals surface area contributed by atoms with Crippen molar-refractivity contribution >= 4 is 17.6 Å². The Labute approximate surface area is 122 Å². The van der Waals surface area contributed by atoms with Gasteiger partial charge in [0.15, 0.2) is 0 Å². The Morgan fingerprint density at radius 1 is 1.45 bits per heavy atom. The summed E-state index contributed by atoms with van der Waals surface area (Å²) in [6.45, 7) is 0.851. The minimum Gasteiger partial charge on any atom is -0.469 e. The fraction of sp³-hybridized carbons (Fsp3) is 0.333. The van der Waals surface area contributed by atoms with Gasteiger partial charge in [-0.1, -0.05) is 23.7 Å². The number of aromatic nitrogens is 2. The van der Waals surface area contributed by atoms with E-state index in [2.05, 4.69) is 9.55 Å². The fourth-order valence-electron chi connectivity index (χ4n) is 2.74. The van der Waals surface area contributed by atoms with E-state index in [1.54, 1.807) is 6.20 Å². The third-order valence-corrected chi connectivity index (χ3v) is 4.05. The number of benzene rings is 1. The smallest absolute Gasteiger partial charge is 0.314 e. The van der Waals surface area contributed by atoms with Gasteiger partial charge in [-0.15, -0.1) is 0 Å². The Morgan fingerprint density at radius 3 is 3.00 bits per heavy atom. The highest BCUT2D eigenvalue weighted by Gasteiger charge is 2.30. The third-order valence-electron chi connectivity index (χ3n) is 3.72. The number of halogens is 1. The molecule has 0 saturated heterocycles. The maximum atomic E-state index is 11.9. The Bertz CT molecular complexity index is 651. The van der Waals surface area contributed by atoms with Crippen LogP contribution in [0.1, 0.15) is 24.5 Å². The molecule has 0 spiro atoms. The molecule has 2 heterocycles. The molecule has 1 unspecified atom stereocenters. The molecule has 0 amide bonds. The molecule has 5 heteroatoms. The Balaban J connectivity index is 2.07. The number of rotatable bonds is 2. The number of ether oxygens (including phenoxy) is 1. The summed E-state index contributed by atoms with van der Waals surface area (Å²) < 4.78 is 6.95. The molecule has 0 saturated carbocycles. The zero-order valence-corrected chi connectivity index (χ0v) is 11.9. The maximum Gasteiger partial charge on any atom is 0.314 e. The van der Waals surface area contributed by atoms with Gasteiger partial charge < -0.3 is 9.30 Å². The second kappa shape index (κ2) is 5.29. The first-order valence-electron chi connectivity index (χ1n) is 6.60. The molecule has 0 fully saturated rings. The zero-order valence-electron chi connectivity index (χ0n) is 11.2. The summed E-state index contributed by atoms with van der Waals surface area (Å²) in [5, 5.41) is 0.668. The number of fused-ring (bicyclic) bond motifs is 1. The first kappa shape index (κ1) is 13.2. The molecular formula is C15H15ClN2O2. The highest BCUT2D eigenvalue weighted by atomic mass is 35.5. The predicted molar refractivity (Wildman–Crippen MR) is 76.7 cm³/mol. The van der Waals surface area contributed by atoms with Crippen LogP contribution in [0.4, 0.5) is 0 Å². The molecule has 2 aromatic rings. The lowest BCUT2D eigenvalue weighted by Gasteiger charge is -2.23. The number of carbonyl (C=O) groups is 1. The minimum atomic E-state index is -0.225. The van der Waals surface area contributed by atoms with Gasteiger partial charge in [0.05, 0.1) is 23.7 Å². The average molecular weight is 291 g/mol. The van der Waals surface area contributed by atoms with Crippen LogP contribution in [0.3, 0.4) is 0 Å². The molecule has 3 rings (SSSR count). The molecule has 20 heavy (non-hydrogen) atoms. The zero-order chi connectivity index (χ0) is 14.1. The van der Waals surface area contributed by atoms with Crippen molar-refractivity contribution < 1.29 is 9.53 Å². The van der Waals surface area contributed by atoms with E-state index >= 15 is 0 Å². The van der Waals surface area contributed by atoms with Crippen LogP contribution >= 0.6 is 11.6 Å². The predicted octanol–water partition coefficient (Wildman–Crippen LogP) is 3.25. The number of hydrogen-bond acceptors (Lipinski definition) is 3. The second-order valence-corrected chi connectivity index (χ2v) is 5.26. The molecule has 1 aliphatic heterocycles. The summed E-state index contributed by atoms with van der Waals surface area (Å²) in [4.78, 5) is 16.3. The summed E-state index contributed by atoms with van der Waals surface area (Å²) in [7, 11) is 1.42. The van der Waals surface area contributed by atoms with Crippen molar-refractivity contribution in [3.05, 3.63) is 41.2 Å². The number of hydrogen-bond donors (Lipinski definition) is 0. The van der Waals surface area contributed by atoms with Gasteiger partial charge in [0.25, 0.3) is 0 Å². The standard InChI is InChI=1S/C15H15ClN2O2/c1-20-15(19)11-6-4-8-18-13(11)9-17-14(18)10-5-2-3-7-12(10)16/h2-3,5,7,9,11H,4,6,8H2,1H3. The van der Waals surface area contributed by atoms with Gasteiger partial charge >= 0.3 is 5.97 Å². The minimum absolute atomic E-state index is 0.198. The molecule has 0 N–H and O–H groups in total. The van der Waals surface area contributed by atoms with Gasteiger partial charge in [0, 0.05) is 18.3 Å². The van der Waals surface area contributed by atoms with Crippen LogP contribution in [-0.2, 0) is 16.1 Å². The van der Waals surface area contributed by atoms with E-state index in [1.807, 2.05) is 24.3 Å². The third kappa shape index (κ3) is 2.10.